The van der Waals surface area contributed by atoms with Crippen molar-refractivity contribution < 1.29 is 4.79 Å². The number of imidazole rings is 1. The maximum Gasteiger partial charge on any atom is 0.277 e. The van der Waals surface area contributed by atoms with E-state index in [4.69, 9.17) is 0 Å². The molecular weight excluding hydrogens is 400 g/mol. The molecule has 1 N–H and O–H groups in total. The van der Waals surface area contributed by atoms with E-state index in [2.05, 4.69) is 20.4 Å². The second kappa shape index (κ2) is 7.68. The van der Waals surface area contributed by atoms with Gasteiger partial charge in [-0.1, -0.05) is 12.1 Å². The molecule has 152 valence electrons. The summed E-state index contributed by atoms with van der Waals surface area (Å²) in [7, 11) is 1.61. The summed E-state index contributed by atoms with van der Waals surface area (Å²) < 4.78 is 3.13. The first kappa shape index (κ1) is 19.7. The van der Waals surface area contributed by atoms with Crippen LogP contribution in [0.2, 0.25) is 0 Å². The summed E-state index contributed by atoms with van der Waals surface area (Å²) in [6.45, 7) is 5.46. The van der Waals surface area contributed by atoms with E-state index in [-0.39, 0.29) is 11.5 Å². The van der Waals surface area contributed by atoms with Crippen molar-refractivity contribution in [2.45, 2.75) is 20.8 Å². The van der Waals surface area contributed by atoms with Gasteiger partial charge in [-0.25, -0.2) is 14.6 Å². The average Bonchev–Trinajstić information content (AvgIpc) is 3.37. The summed E-state index contributed by atoms with van der Waals surface area (Å²) >= 11 is 1.21. The van der Waals surface area contributed by atoms with E-state index in [9.17, 15) is 9.59 Å². The smallest absolute Gasteiger partial charge is 0.277 e. The lowest BCUT2D eigenvalue weighted by atomic mass is 10.1. The van der Waals surface area contributed by atoms with Crippen molar-refractivity contribution in [1.82, 2.24) is 24.3 Å². The van der Waals surface area contributed by atoms with E-state index in [0.29, 0.717) is 26.8 Å². The number of aryl methyl sites for hydroxylation is 3. The maximum atomic E-state index is 13.0. The van der Waals surface area contributed by atoms with Gasteiger partial charge in [-0.3, -0.25) is 9.59 Å². The number of aromatic nitrogens is 5. The Kier molecular flexibility index (Phi) is 5.04. The van der Waals surface area contributed by atoms with Crippen molar-refractivity contribution in [3.8, 4) is 16.3 Å². The van der Waals surface area contributed by atoms with Crippen LogP contribution < -0.4 is 10.9 Å². The number of carbonyl (C=O) groups excluding carboxylic acids is 1. The van der Waals surface area contributed by atoms with Gasteiger partial charge in [0.15, 0.2) is 0 Å². The highest BCUT2D eigenvalue weighted by Gasteiger charge is 2.21. The fourth-order valence-corrected chi connectivity index (χ4v) is 4.26. The Morgan fingerprint density at radius 2 is 1.90 bits per heavy atom. The molecule has 0 saturated carbocycles. The van der Waals surface area contributed by atoms with Gasteiger partial charge in [0.2, 0.25) is 0 Å². The van der Waals surface area contributed by atoms with Crippen molar-refractivity contribution in [2.24, 2.45) is 7.05 Å². The Hall–Kier alpha value is -3.59. The first-order valence-corrected chi connectivity index (χ1v) is 10.1. The Morgan fingerprint density at radius 3 is 2.63 bits per heavy atom. The Balaban J connectivity index is 1.71. The lowest BCUT2D eigenvalue weighted by molar-refractivity contribution is 0.103. The van der Waals surface area contributed by atoms with Gasteiger partial charge in [0, 0.05) is 19.4 Å². The summed E-state index contributed by atoms with van der Waals surface area (Å²) in [6, 6.07) is 7.48. The molecule has 0 fully saturated rings. The summed E-state index contributed by atoms with van der Waals surface area (Å²) in [6.07, 6.45) is 5.16. The van der Waals surface area contributed by atoms with Gasteiger partial charge < -0.3 is 9.88 Å². The van der Waals surface area contributed by atoms with Crippen LogP contribution in [-0.4, -0.2) is 30.2 Å². The lowest BCUT2D eigenvalue weighted by Gasteiger charge is -2.11. The predicted molar refractivity (Wildman–Crippen MR) is 116 cm³/mol. The van der Waals surface area contributed by atoms with E-state index < -0.39 is 0 Å². The standard InChI is InChI=1S/C21H20N6O2S/c1-12-13(2)25-26(4)21(29)17(12)20-23-14(3)18(30-20)19(28)24-15-7-5-6-8-16(15)27-10-9-22-11-27/h5-11H,1-4H3,(H,24,28). The SMILES string of the molecule is Cc1nc(-c2c(C)c(C)nn(C)c2=O)sc1C(=O)Nc1ccccc1-n1ccnc1. The Bertz CT molecular complexity index is 1300. The molecule has 9 heteroatoms. The van der Waals surface area contributed by atoms with Crippen molar-refractivity contribution in [3.63, 3.8) is 0 Å². The number of anilines is 1. The van der Waals surface area contributed by atoms with E-state index in [1.54, 1.807) is 26.5 Å². The number of carbonyl (C=O) groups is 1. The minimum Gasteiger partial charge on any atom is -0.319 e. The Morgan fingerprint density at radius 1 is 1.13 bits per heavy atom. The van der Waals surface area contributed by atoms with E-state index >= 15 is 0 Å². The molecule has 3 aromatic heterocycles. The molecule has 0 unspecified atom stereocenters. The number of para-hydroxylation sites is 2. The molecule has 30 heavy (non-hydrogen) atoms. The normalized spacial score (nSPS) is 10.9. The van der Waals surface area contributed by atoms with Crippen LogP contribution in [0.15, 0.2) is 47.8 Å². The molecule has 0 aliphatic rings. The molecule has 0 bridgehead atoms. The van der Waals surface area contributed by atoms with Crippen molar-refractivity contribution in [2.75, 3.05) is 5.32 Å². The van der Waals surface area contributed by atoms with Crippen molar-refractivity contribution in [3.05, 3.63) is 75.2 Å². The largest absolute Gasteiger partial charge is 0.319 e. The third-order valence-electron chi connectivity index (χ3n) is 4.88. The molecule has 0 radical (unpaired) electrons. The third-order valence-corrected chi connectivity index (χ3v) is 6.05. The number of hydrogen-bond acceptors (Lipinski definition) is 6. The lowest BCUT2D eigenvalue weighted by Crippen LogP contribution is -2.23. The summed E-state index contributed by atoms with van der Waals surface area (Å²) in [5, 5.41) is 7.69. The molecule has 0 atom stereocenters. The molecule has 8 nitrogen and oxygen atoms in total. The van der Waals surface area contributed by atoms with Gasteiger partial charge in [-0.2, -0.15) is 5.10 Å². The van der Waals surface area contributed by atoms with Crippen LogP contribution in [0, 0.1) is 20.8 Å². The highest BCUT2D eigenvalue weighted by molar-refractivity contribution is 7.17. The monoisotopic (exact) mass is 420 g/mol. The number of hydrogen-bond donors (Lipinski definition) is 1. The van der Waals surface area contributed by atoms with Crippen LogP contribution in [0.4, 0.5) is 5.69 Å². The molecule has 4 aromatic rings. The number of nitrogens with one attached hydrogen (secondary N) is 1. The van der Waals surface area contributed by atoms with Gasteiger partial charge in [0.25, 0.3) is 11.5 Å². The van der Waals surface area contributed by atoms with Gasteiger partial charge in [0.1, 0.15) is 9.88 Å². The first-order chi connectivity index (χ1) is 14.4. The second-order valence-electron chi connectivity index (χ2n) is 6.89. The van der Waals surface area contributed by atoms with Gasteiger partial charge in [-0.15, -0.1) is 11.3 Å². The van der Waals surface area contributed by atoms with E-state index in [1.807, 2.05) is 48.9 Å². The number of nitrogens with zero attached hydrogens (tertiary/aromatic N) is 5. The van der Waals surface area contributed by atoms with Crippen LogP contribution in [0.3, 0.4) is 0 Å². The first-order valence-electron chi connectivity index (χ1n) is 9.28. The summed E-state index contributed by atoms with van der Waals surface area (Å²) in [5.41, 5.74) is 3.80. The fraction of sp³-hybridized carbons (Fsp3) is 0.190. The number of rotatable bonds is 4. The summed E-state index contributed by atoms with van der Waals surface area (Å²) in [4.78, 5) is 34.7. The Labute approximate surface area is 176 Å². The highest BCUT2D eigenvalue weighted by Crippen LogP contribution is 2.30. The zero-order valence-electron chi connectivity index (χ0n) is 17.0. The molecule has 0 aliphatic heterocycles. The van der Waals surface area contributed by atoms with Crippen LogP contribution in [0.25, 0.3) is 16.3 Å². The van der Waals surface area contributed by atoms with Gasteiger partial charge in [0.05, 0.1) is 34.7 Å². The van der Waals surface area contributed by atoms with Crippen LogP contribution >= 0.6 is 11.3 Å². The predicted octanol–water partition coefficient (Wildman–Crippen LogP) is 3.27. The van der Waals surface area contributed by atoms with Crippen LogP contribution in [-0.2, 0) is 7.05 Å². The minimum absolute atomic E-state index is 0.232. The van der Waals surface area contributed by atoms with E-state index in [1.165, 1.54) is 16.0 Å². The van der Waals surface area contributed by atoms with E-state index in [0.717, 1.165) is 16.9 Å². The number of amides is 1. The highest BCUT2D eigenvalue weighted by atomic mass is 32.1. The molecule has 0 spiro atoms. The molecule has 1 aromatic carbocycles. The molecule has 4 rings (SSSR count). The molecule has 1 amide bonds. The minimum atomic E-state index is -0.274. The van der Waals surface area contributed by atoms with Crippen molar-refractivity contribution >= 4 is 22.9 Å². The molecule has 0 saturated heterocycles. The molecular formula is C21H20N6O2S. The zero-order valence-corrected chi connectivity index (χ0v) is 17.8. The molecule has 0 aliphatic carbocycles. The second-order valence-corrected chi connectivity index (χ2v) is 7.89. The quantitative estimate of drug-likeness (QED) is 0.547. The average molecular weight is 420 g/mol. The fourth-order valence-electron chi connectivity index (χ4n) is 3.20. The van der Waals surface area contributed by atoms with Gasteiger partial charge >= 0.3 is 0 Å². The maximum absolute atomic E-state index is 13.0. The molecule has 3 heterocycles. The zero-order chi connectivity index (χ0) is 21.4. The number of thiazole rings is 1. The summed E-state index contributed by atoms with van der Waals surface area (Å²) in [5.74, 6) is -0.274. The third kappa shape index (κ3) is 3.43. The number of benzene rings is 1. The van der Waals surface area contributed by atoms with Crippen LogP contribution in [0.5, 0.6) is 0 Å². The van der Waals surface area contributed by atoms with Crippen LogP contribution in [0.1, 0.15) is 26.6 Å². The van der Waals surface area contributed by atoms with Crippen molar-refractivity contribution in [1.29, 1.82) is 0 Å². The van der Waals surface area contributed by atoms with Gasteiger partial charge in [-0.05, 0) is 38.5 Å². The topological polar surface area (TPSA) is 94.7 Å².